The topological polar surface area (TPSA) is 84.0 Å². The molecule has 0 bridgehead atoms. The third-order valence-electron chi connectivity index (χ3n) is 6.25. The van der Waals surface area contributed by atoms with Crippen LogP contribution in [0.4, 0.5) is 11.4 Å². The predicted octanol–water partition coefficient (Wildman–Crippen LogP) is 6.80. The fourth-order valence-corrected chi connectivity index (χ4v) is 6.89. The molecule has 0 N–H and O–H groups in total. The highest BCUT2D eigenvalue weighted by Gasteiger charge is 2.42. The molecule has 2 heterocycles. The first kappa shape index (κ1) is 26.3. The van der Waals surface area contributed by atoms with E-state index in [1.54, 1.807) is 24.0 Å². The van der Waals surface area contributed by atoms with Crippen molar-refractivity contribution in [3.63, 3.8) is 0 Å². The van der Waals surface area contributed by atoms with Gasteiger partial charge in [-0.05, 0) is 107 Å². The summed E-state index contributed by atoms with van der Waals surface area (Å²) >= 11 is 13.7. The summed E-state index contributed by atoms with van der Waals surface area (Å²) in [6.07, 6.45) is 0.0642. The van der Waals surface area contributed by atoms with Crippen molar-refractivity contribution < 1.29 is 23.9 Å². The normalized spacial score (nSPS) is 17.0. The highest BCUT2D eigenvalue weighted by Crippen LogP contribution is 2.46. The zero-order valence-electron chi connectivity index (χ0n) is 19.1. The van der Waals surface area contributed by atoms with E-state index in [9.17, 15) is 19.2 Å². The van der Waals surface area contributed by atoms with Crippen LogP contribution in [0.3, 0.4) is 0 Å². The highest BCUT2D eigenvalue weighted by atomic mass is 79.9. The predicted molar refractivity (Wildman–Crippen MR) is 152 cm³/mol. The molecule has 7 nitrogen and oxygen atoms in total. The van der Waals surface area contributed by atoms with E-state index in [2.05, 4.69) is 63.7 Å². The van der Waals surface area contributed by atoms with E-state index >= 15 is 0 Å². The molecule has 11 heteroatoms. The summed E-state index contributed by atoms with van der Waals surface area (Å²) in [5, 5.41) is 0. The van der Waals surface area contributed by atoms with E-state index in [1.165, 1.54) is 6.07 Å². The molecule has 5 rings (SSSR count). The number of aryl methyl sites for hydroxylation is 1. The third kappa shape index (κ3) is 4.49. The van der Waals surface area contributed by atoms with Crippen LogP contribution in [-0.2, 0) is 9.59 Å². The number of esters is 1. The number of nitrogens with zero attached hydrogens (tertiary/aromatic N) is 2. The monoisotopic (exact) mass is 752 g/mol. The van der Waals surface area contributed by atoms with Gasteiger partial charge in [-0.2, -0.15) is 0 Å². The second kappa shape index (κ2) is 10.1. The average Bonchev–Trinajstić information content (AvgIpc) is 3.39. The van der Waals surface area contributed by atoms with Gasteiger partial charge in [-0.1, -0.05) is 18.2 Å². The van der Waals surface area contributed by atoms with Crippen molar-refractivity contribution in [2.45, 2.75) is 13.3 Å². The number of ether oxygens (including phenoxy) is 1. The van der Waals surface area contributed by atoms with Crippen LogP contribution < -0.4 is 14.5 Å². The minimum atomic E-state index is -0.601. The number of hydrogen-bond acceptors (Lipinski definition) is 5. The van der Waals surface area contributed by atoms with Gasteiger partial charge in [0, 0.05) is 36.5 Å². The molecule has 2 aliphatic heterocycles. The van der Waals surface area contributed by atoms with Gasteiger partial charge in [0.2, 0.25) is 5.91 Å². The zero-order valence-corrected chi connectivity index (χ0v) is 25.4. The first-order chi connectivity index (χ1) is 17.6. The molecule has 0 aliphatic carbocycles. The van der Waals surface area contributed by atoms with Crippen molar-refractivity contribution in [1.82, 2.24) is 0 Å². The van der Waals surface area contributed by atoms with Crippen molar-refractivity contribution >= 4 is 98.8 Å². The number of fused-ring (bicyclic) bond motifs is 1. The molecular weight excluding hydrogens is 740 g/mol. The summed E-state index contributed by atoms with van der Waals surface area (Å²) < 4.78 is 7.74. The summed E-state index contributed by atoms with van der Waals surface area (Å²) in [6, 6.07) is 13.9. The van der Waals surface area contributed by atoms with Crippen LogP contribution in [0.25, 0.3) is 0 Å². The lowest BCUT2D eigenvalue weighted by Gasteiger charge is -2.18. The molecule has 0 saturated carbocycles. The summed E-state index contributed by atoms with van der Waals surface area (Å²) in [5.41, 5.74) is 2.18. The lowest BCUT2D eigenvalue weighted by atomic mass is 10.1. The molecule has 1 atom stereocenters. The van der Waals surface area contributed by atoms with Gasteiger partial charge in [0.1, 0.15) is 5.75 Å². The molecule has 37 heavy (non-hydrogen) atoms. The van der Waals surface area contributed by atoms with Crippen LogP contribution >= 0.6 is 63.7 Å². The van der Waals surface area contributed by atoms with E-state index in [-0.39, 0.29) is 35.7 Å². The van der Waals surface area contributed by atoms with Crippen LogP contribution in [-0.4, -0.2) is 30.2 Å². The van der Waals surface area contributed by atoms with Crippen molar-refractivity contribution in [2.24, 2.45) is 5.92 Å². The fraction of sp³-hybridized carbons (Fsp3) is 0.154. The molecule has 3 aromatic rings. The first-order valence-electron chi connectivity index (χ1n) is 11.0. The molecular formula is C26H16Br4N2O5. The van der Waals surface area contributed by atoms with Crippen molar-refractivity contribution in [3.8, 4) is 5.75 Å². The van der Waals surface area contributed by atoms with E-state index < -0.39 is 23.7 Å². The standard InChI is InChI=1S/C26H16Br4N2O5/c1-12-9-15(37-26(36)13-10-17(33)31(11-13)14-5-3-2-4-6-14)7-8-16(12)32-24(34)18-19(25(32)35)21(28)23(30)22(29)20(18)27/h2-9,13H,10-11H2,1H3/t13-/m0/s1. The Morgan fingerprint density at radius 3 is 2.03 bits per heavy atom. The molecule has 2 aliphatic rings. The molecule has 0 unspecified atom stereocenters. The van der Waals surface area contributed by atoms with Gasteiger partial charge < -0.3 is 9.64 Å². The van der Waals surface area contributed by atoms with Crippen molar-refractivity contribution in [3.05, 3.63) is 83.1 Å². The molecule has 3 amide bonds. The number of rotatable bonds is 4. The van der Waals surface area contributed by atoms with Crippen LogP contribution in [0.2, 0.25) is 0 Å². The van der Waals surface area contributed by atoms with E-state index in [0.717, 1.165) is 10.6 Å². The van der Waals surface area contributed by atoms with Gasteiger partial charge in [0.25, 0.3) is 11.8 Å². The van der Waals surface area contributed by atoms with Crippen molar-refractivity contribution in [2.75, 3.05) is 16.3 Å². The molecule has 1 saturated heterocycles. The SMILES string of the molecule is Cc1cc(OC(=O)[C@H]2CC(=O)N(c3ccccc3)C2)ccc1N1C(=O)c2c(Br)c(Br)c(Br)c(Br)c2C1=O. The number of amides is 3. The van der Waals surface area contributed by atoms with Gasteiger partial charge in [-0.3, -0.25) is 19.2 Å². The number of halogens is 4. The average molecular weight is 756 g/mol. The molecule has 0 radical (unpaired) electrons. The fourth-order valence-electron chi connectivity index (χ4n) is 4.43. The Bertz CT molecular complexity index is 1460. The number of carbonyl (C=O) groups is 4. The molecule has 3 aromatic carbocycles. The second-order valence-corrected chi connectivity index (χ2v) is 11.7. The second-order valence-electron chi connectivity index (χ2n) is 8.56. The number of hydrogen-bond donors (Lipinski definition) is 0. The van der Waals surface area contributed by atoms with Gasteiger partial charge in [0.15, 0.2) is 0 Å². The molecule has 1 fully saturated rings. The van der Waals surface area contributed by atoms with Gasteiger partial charge >= 0.3 is 5.97 Å². The Morgan fingerprint density at radius 1 is 0.865 bits per heavy atom. The number of imide groups is 1. The summed E-state index contributed by atoms with van der Waals surface area (Å²) in [6.45, 7) is 1.96. The van der Waals surface area contributed by atoms with E-state index in [1.807, 2.05) is 30.3 Å². The van der Waals surface area contributed by atoms with Gasteiger partial charge in [-0.15, -0.1) is 0 Å². The van der Waals surface area contributed by atoms with Crippen molar-refractivity contribution in [1.29, 1.82) is 0 Å². The number of benzene rings is 3. The maximum atomic E-state index is 13.3. The largest absolute Gasteiger partial charge is 0.426 e. The summed E-state index contributed by atoms with van der Waals surface area (Å²) in [4.78, 5) is 54.6. The quantitative estimate of drug-likeness (QED) is 0.0962. The Labute approximate surface area is 245 Å². The lowest BCUT2D eigenvalue weighted by molar-refractivity contribution is -0.139. The van der Waals surface area contributed by atoms with Gasteiger partial charge in [-0.25, -0.2) is 4.90 Å². The Hall–Kier alpha value is -2.34. The Balaban J connectivity index is 1.36. The van der Waals surface area contributed by atoms with Crippen LogP contribution in [0.5, 0.6) is 5.75 Å². The maximum absolute atomic E-state index is 13.3. The number of anilines is 2. The highest BCUT2D eigenvalue weighted by molar-refractivity contribution is 9.15. The van der Waals surface area contributed by atoms with Crippen LogP contribution in [0.15, 0.2) is 66.4 Å². The number of para-hydroxylation sites is 1. The maximum Gasteiger partial charge on any atom is 0.316 e. The van der Waals surface area contributed by atoms with E-state index in [0.29, 0.717) is 29.1 Å². The minimum Gasteiger partial charge on any atom is -0.426 e. The first-order valence-corrected chi connectivity index (χ1v) is 14.2. The Morgan fingerprint density at radius 2 is 1.46 bits per heavy atom. The minimum absolute atomic E-state index is 0.0642. The molecule has 0 spiro atoms. The smallest absolute Gasteiger partial charge is 0.316 e. The zero-order chi connectivity index (χ0) is 26.6. The van der Waals surface area contributed by atoms with Crippen LogP contribution in [0.1, 0.15) is 32.7 Å². The number of carbonyl (C=O) groups excluding carboxylic acids is 4. The summed E-state index contributed by atoms with van der Waals surface area (Å²) in [5.74, 6) is -1.93. The van der Waals surface area contributed by atoms with Crippen LogP contribution in [0, 0.1) is 12.8 Å². The van der Waals surface area contributed by atoms with Gasteiger partial charge in [0.05, 0.1) is 22.7 Å². The summed E-state index contributed by atoms with van der Waals surface area (Å²) in [7, 11) is 0. The lowest BCUT2D eigenvalue weighted by Crippen LogP contribution is -2.30. The molecule has 188 valence electrons. The van der Waals surface area contributed by atoms with E-state index in [4.69, 9.17) is 4.74 Å². The molecule has 0 aromatic heterocycles. The Kier molecular flexibility index (Phi) is 7.16. The third-order valence-corrected chi connectivity index (χ3v) is 11.0.